The van der Waals surface area contributed by atoms with E-state index in [1.165, 1.54) is 6.42 Å². The number of carbonyl (C=O) groups is 2. The lowest BCUT2D eigenvalue weighted by atomic mass is 10.1. The maximum atomic E-state index is 12.6. The van der Waals surface area contributed by atoms with Gasteiger partial charge in [0, 0.05) is 25.9 Å². The van der Waals surface area contributed by atoms with Gasteiger partial charge in [-0.1, -0.05) is 30.2 Å². The molecule has 2 aliphatic heterocycles. The van der Waals surface area contributed by atoms with Crippen LogP contribution in [0.3, 0.4) is 0 Å². The zero-order valence-electron chi connectivity index (χ0n) is 15.0. The first-order valence-electron chi connectivity index (χ1n) is 9.37. The van der Waals surface area contributed by atoms with E-state index in [0.29, 0.717) is 23.8 Å². The molecule has 1 atom stereocenters. The van der Waals surface area contributed by atoms with Crippen LogP contribution in [0.1, 0.15) is 37.3 Å². The minimum Gasteiger partial charge on any atom is -0.348 e. The summed E-state index contributed by atoms with van der Waals surface area (Å²) >= 11 is 6.19. The predicted molar refractivity (Wildman–Crippen MR) is 101 cm³/mol. The van der Waals surface area contributed by atoms with Crippen LogP contribution in [0, 0.1) is 5.92 Å². The molecule has 142 valence electrons. The molecule has 2 amide bonds. The molecule has 0 aliphatic carbocycles. The molecular formula is C19H22ClN5O2. The number of hydrogen-bond donors (Lipinski definition) is 1. The normalized spacial score (nSPS) is 19.7. The largest absolute Gasteiger partial charge is 0.348 e. The van der Waals surface area contributed by atoms with Crippen molar-refractivity contribution in [2.45, 2.75) is 45.2 Å². The highest BCUT2D eigenvalue weighted by molar-refractivity contribution is 6.33. The summed E-state index contributed by atoms with van der Waals surface area (Å²) in [5.74, 6) is 1.17. The van der Waals surface area contributed by atoms with Gasteiger partial charge in [-0.3, -0.25) is 9.59 Å². The Bertz CT molecular complexity index is 866. The van der Waals surface area contributed by atoms with E-state index in [0.717, 1.165) is 37.5 Å². The average Bonchev–Trinajstić information content (AvgIpc) is 3.15. The summed E-state index contributed by atoms with van der Waals surface area (Å²) in [6.07, 6.45) is 4.56. The number of carbonyl (C=O) groups excluding carboxylic acids is 2. The van der Waals surface area contributed by atoms with Crippen molar-refractivity contribution in [1.82, 2.24) is 20.1 Å². The summed E-state index contributed by atoms with van der Waals surface area (Å²) in [5, 5.41) is 11.9. The third-order valence-electron chi connectivity index (χ3n) is 5.25. The SMILES string of the molecule is O=C(NCc1nnc2n1CCCCC2)C1CC(=O)N(c2ccccc2Cl)C1. The zero-order chi connectivity index (χ0) is 18.8. The second-order valence-corrected chi connectivity index (χ2v) is 7.48. The second-order valence-electron chi connectivity index (χ2n) is 7.07. The Morgan fingerprint density at radius 1 is 1.22 bits per heavy atom. The zero-order valence-corrected chi connectivity index (χ0v) is 15.8. The van der Waals surface area contributed by atoms with E-state index in [2.05, 4.69) is 20.1 Å². The number of fused-ring (bicyclic) bond motifs is 1. The Kier molecular flexibility index (Phi) is 5.11. The average molecular weight is 388 g/mol. The molecule has 1 saturated heterocycles. The number of halogens is 1. The number of anilines is 1. The van der Waals surface area contributed by atoms with Crippen LogP contribution >= 0.6 is 11.6 Å². The van der Waals surface area contributed by atoms with Crippen molar-refractivity contribution in [1.29, 1.82) is 0 Å². The molecule has 27 heavy (non-hydrogen) atoms. The minimum absolute atomic E-state index is 0.0837. The van der Waals surface area contributed by atoms with Gasteiger partial charge in [0.05, 0.1) is 23.2 Å². The number of benzene rings is 1. The fourth-order valence-corrected chi connectivity index (χ4v) is 4.01. The van der Waals surface area contributed by atoms with Gasteiger partial charge in [0.2, 0.25) is 11.8 Å². The first-order valence-corrected chi connectivity index (χ1v) is 9.75. The fraction of sp³-hybridized carbons (Fsp3) is 0.474. The van der Waals surface area contributed by atoms with Gasteiger partial charge in [-0.05, 0) is 25.0 Å². The maximum Gasteiger partial charge on any atom is 0.227 e. The van der Waals surface area contributed by atoms with Crippen molar-refractivity contribution in [2.24, 2.45) is 5.92 Å². The number of aromatic nitrogens is 3. The van der Waals surface area contributed by atoms with Crippen LogP contribution in [0.2, 0.25) is 5.02 Å². The quantitative estimate of drug-likeness (QED) is 0.873. The molecule has 8 heteroatoms. The summed E-state index contributed by atoms with van der Waals surface area (Å²) in [6.45, 7) is 1.57. The van der Waals surface area contributed by atoms with Gasteiger partial charge in [0.25, 0.3) is 0 Å². The molecule has 0 spiro atoms. The van der Waals surface area contributed by atoms with Crippen LogP contribution < -0.4 is 10.2 Å². The number of nitrogens with one attached hydrogen (secondary N) is 1. The lowest BCUT2D eigenvalue weighted by molar-refractivity contribution is -0.126. The van der Waals surface area contributed by atoms with Crippen LogP contribution in [-0.2, 0) is 29.1 Å². The van der Waals surface area contributed by atoms with Gasteiger partial charge in [-0.15, -0.1) is 10.2 Å². The van der Waals surface area contributed by atoms with E-state index < -0.39 is 0 Å². The fourth-order valence-electron chi connectivity index (χ4n) is 3.77. The van der Waals surface area contributed by atoms with Crippen molar-refractivity contribution >= 4 is 29.1 Å². The highest BCUT2D eigenvalue weighted by Gasteiger charge is 2.35. The number of amides is 2. The molecule has 2 aliphatic rings. The molecule has 1 aromatic heterocycles. The summed E-state index contributed by atoms with van der Waals surface area (Å²) in [5.41, 5.74) is 0.655. The maximum absolute atomic E-state index is 12.6. The summed E-state index contributed by atoms with van der Waals surface area (Å²) in [4.78, 5) is 26.6. The van der Waals surface area contributed by atoms with E-state index in [4.69, 9.17) is 11.6 Å². The van der Waals surface area contributed by atoms with Crippen molar-refractivity contribution in [3.63, 3.8) is 0 Å². The number of aryl methyl sites for hydroxylation is 1. The van der Waals surface area contributed by atoms with Gasteiger partial charge in [-0.2, -0.15) is 0 Å². The number of rotatable bonds is 4. The van der Waals surface area contributed by atoms with Crippen molar-refractivity contribution in [2.75, 3.05) is 11.4 Å². The van der Waals surface area contributed by atoms with Crippen molar-refractivity contribution < 1.29 is 9.59 Å². The molecule has 1 aromatic carbocycles. The molecule has 1 N–H and O–H groups in total. The molecule has 0 bridgehead atoms. The van der Waals surface area contributed by atoms with E-state index in [1.807, 2.05) is 12.1 Å². The topological polar surface area (TPSA) is 80.1 Å². The van der Waals surface area contributed by atoms with Crippen LogP contribution in [0.25, 0.3) is 0 Å². The third kappa shape index (κ3) is 3.69. The first kappa shape index (κ1) is 18.0. The van der Waals surface area contributed by atoms with Gasteiger partial charge in [0.15, 0.2) is 5.82 Å². The van der Waals surface area contributed by atoms with Gasteiger partial charge in [0.1, 0.15) is 5.82 Å². The number of para-hydroxylation sites is 1. The van der Waals surface area contributed by atoms with Crippen molar-refractivity contribution in [3.05, 3.63) is 40.9 Å². The molecule has 1 fully saturated rings. The van der Waals surface area contributed by atoms with Crippen molar-refractivity contribution in [3.8, 4) is 0 Å². The third-order valence-corrected chi connectivity index (χ3v) is 5.57. The van der Waals surface area contributed by atoms with E-state index in [-0.39, 0.29) is 24.2 Å². The Morgan fingerprint density at radius 3 is 2.93 bits per heavy atom. The van der Waals surface area contributed by atoms with Gasteiger partial charge >= 0.3 is 0 Å². The second kappa shape index (κ2) is 7.68. The highest BCUT2D eigenvalue weighted by Crippen LogP contribution is 2.31. The number of hydrogen-bond acceptors (Lipinski definition) is 4. The lowest BCUT2D eigenvalue weighted by Gasteiger charge is -2.18. The molecule has 4 rings (SSSR count). The summed E-state index contributed by atoms with van der Waals surface area (Å²) in [6, 6.07) is 7.19. The van der Waals surface area contributed by atoms with E-state index >= 15 is 0 Å². The minimum atomic E-state index is -0.389. The van der Waals surface area contributed by atoms with Crippen LogP contribution in [-0.4, -0.2) is 33.1 Å². The van der Waals surface area contributed by atoms with E-state index in [9.17, 15) is 9.59 Å². The van der Waals surface area contributed by atoms with Crippen LogP contribution in [0.15, 0.2) is 24.3 Å². The molecular weight excluding hydrogens is 366 g/mol. The lowest BCUT2D eigenvalue weighted by Crippen LogP contribution is -2.33. The van der Waals surface area contributed by atoms with Gasteiger partial charge < -0.3 is 14.8 Å². The molecule has 7 nitrogen and oxygen atoms in total. The highest BCUT2D eigenvalue weighted by atomic mass is 35.5. The van der Waals surface area contributed by atoms with Crippen LogP contribution in [0.5, 0.6) is 0 Å². The molecule has 2 aromatic rings. The standard InChI is InChI=1S/C19H22ClN5O2/c20-14-6-3-4-7-15(14)25-12-13(10-18(25)26)19(27)21-11-17-23-22-16-8-2-1-5-9-24(16)17/h3-4,6-7,13H,1-2,5,8-12H2,(H,21,27). The summed E-state index contributed by atoms with van der Waals surface area (Å²) < 4.78 is 2.11. The molecule has 0 radical (unpaired) electrons. The van der Waals surface area contributed by atoms with Crippen LogP contribution in [0.4, 0.5) is 5.69 Å². The smallest absolute Gasteiger partial charge is 0.227 e. The Balaban J connectivity index is 1.39. The monoisotopic (exact) mass is 387 g/mol. The first-order chi connectivity index (χ1) is 13.1. The number of nitrogens with zero attached hydrogens (tertiary/aromatic N) is 4. The van der Waals surface area contributed by atoms with Gasteiger partial charge in [-0.25, -0.2) is 0 Å². The Hall–Kier alpha value is -2.41. The van der Waals surface area contributed by atoms with E-state index in [1.54, 1.807) is 17.0 Å². The Labute approximate surface area is 162 Å². The summed E-state index contributed by atoms with van der Waals surface area (Å²) in [7, 11) is 0. The molecule has 1 unspecified atom stereocenters. The Morgan fingerprint density at radius 2 is 2.07 bits per heavy atom. The molecule has 3 heterocycles. The molecule has 0 saturated carbocycles. The predicted octanol–water partition coefficient (Wildman–Crippen LogP) is 2.33.